The highest BCUT2D eigenvalue weighted by molar-refractivity contribution is 7.99. The Kier molecular flexibility index (Phi) is 6.63. The Morgan fingerprint density at radius 2 is 1.94 bits per heavy atom. The van der Waals surface area contributed by atoms with Crippen molar-refractivity contribution in [1.82, 2.24) is 5.32 Å². The first kappa shape index (κ1) is 14.6. The summed E-state index contributed by atoms with van der Waals surface area (Å²) in [6, 6.07) is 9.05. The maximum atomic E-state index is 9.04. The molecule has 2 nitrogen and oxygen atoms in total. The molecule has 0 saturated heterocycles. The van der Waals surface area contributed by atoms with Gasteiger partial charge in [-0.15, -0.1) is 0 Å². The minimum Gasteiger partial charge on any atom is -0.395 e. The molecule has 1 rings (SSSR count). The quantitative estimate of drug-likeness (QED) is 0.784. The number of aryl methyl sites for hydroxylation is 1. The van der Waals surface area contributed by atoms with Crippen LogP contribution in [0.5, 0.6) is 0 Å². The van der Waals surface area contributed by atoms with Crippen molar-refractivity contribution >= 4 is 11.8 Å². The van der Waals surface area contributed by atoms with Gasteiger partial charge in [-0.1, -0.05) is 43.7 Å². The molecule has 17 heavy (non-hydrogen) atoms. The van der Waals surface area contributed by atoms with Crippen LogP contribution in [0, 0.1) is 6.92 Å². The fourth-order valence-electron chi connectivity index (χ4n) is 1.63. The van der Waals surface area contributed by atoms with Crippen LogP contribution in [0.2, 0.25) is 0 Å². The van der Waals surface area contributed by atoms with Gasteiger partial charge in [-0.05, 0) is 19.0 Å². The molecule has 0 aromatic heterocycles. The standard InChI is InChI=1S/C14H23NOS/c1-4-15-14(10-17-12(3)9-16)13-7-5-11(2)6-8-13/h5-8,12,14-16H,4,9-10H2,1-3H3. The minimum atomic E-state index is 0.247. The molecule has 0 fully saturated rings. The van der Waals surface area contributed by atoms with E-state index in [1.807, 2.05) is 11.8 Å². The topological polar surface area (TPSA) is 32.3 Å². The van der Waals surface area contributed by atoms with E-state index >= 15 is 0 Å². The fraction of sp³-hybridized carbons (Fsp3) is 0.571. The third-order valence-corrected chi connectivity index (χ3v) is 3.98. The highest BCUT2D eigenvalue weighted by atomic mass is 32.2. The summed E-state index contributed by atoms with van der Waals surface area (Å²) in [5.74, 6) is 0.999. The van der Waals surface area contributed by atoms with Gasteiger partial charge in [0.15, 0.2) is 0 Å². The van der Waals surface area contributed by atoms with E-state index in [1.54, 1.807) is 0 Å². The summed E-state index contributed by atoms with van der Waals surface area (Å²) in [5, 5.41) is 12.8. The van der Waals surface area contributed by atoms with Crippen LogP contribution in [-0.4, -0.2) is 29.3 Å². The largest absolute Gasteiger partial charge is 0.395 e. The summed E-state index contributed by atoms with van der Waals surface area (Å²) in [6.45, 7) is 7.50. The summed E-state index contributed by atoms with van der Waals surface area (Å²) in [4.78, 5) is 0. The summed E-state index contributed by atoms with van der Waals surface area (Å²) >= 11 is 1.81. The summed E-state index contributed by atoms with van der Waals surface area (Å²) in [7, 11) is 0. The average Bonchev–Trinajstić information content (AvgIpc) is 2.35. The first-order valence-electron chi connectivity index (χ1n) is 6.19. The Hall–Kier alpha value is -0.510. The van der Waals surface area contributed by atoms with Crippen molar-refractivity contribution in [2.45, 2.75) is 32.1 Å². The normalized spacial score (nSPS) is 14.6. The second-order valence-electron chi connectivity index (χ2n) is 4.35. The Balaban J connectivity index is 2.61. The SMILES string of the molecule is CCNC(CSC(C)CO)c1ccc(C)cc1. The average molecular weight is 253 g/mol. The molecular formula is C14H23NOS. The van der Waals surface area contributed by atoms with Gasteiger partial charge in [0.05, 0.1) is 6.61 Å². The van der Waals surface area contributed by atoms with Crippen molar-refractivity contribution in [3.05, 3.63) is 35.4 Å². The lowest BCUT2D eigenvalue weighted by Gasteiger charge is -2.19. The molecule has 2 unspecified atom stereocenters. The van der Waals surface area contributed by atoms with E-state index in [0.29, 0.717) is 11.3 Å². The highest BCUT2D eigenvalue weighted by Crippen LogP contribution is 2.21. The predicted molar refractivity (Wildman–Crippen MR) is 76.6 cm³/mol. The zero-order valence-corrected chi connectivity index (χ0v) is 11.8. The Morgan fingerprint density at radius 1 is 1.29 bits per heavy atom. The Labute approximate surface area is 109 Å². The molecule has 3 heteroatoms. The molecule has 0 radical (unpaired) electrons. The van der Waals surface area contributed by atoms with Gasteiger partial charge < -0.3 is 10.4 Å². The zero-order chi connectivity index (χ0) is 12.7. The van der Waals surface area contributed by atoms with Crippen molar-refractivity contribution in [2.24, 2.45) is 0 Å². The second-order valence-corrected chi connectivity index (χ2v) is 5.82. The maximum Gasteiger partial charge on any atom is 0.0547 e. The molecule has 0 amide bonds. The zero-order valence-electron chi connectivity index (χ0n) is 10.9. The fourth-order valence-corrected chi connectivity index (χ4v) is 2.57. The number of rotatable bonds is 7. The van der Waals surface area contributed by atoms with Crippen LogP contribution in [0.1, 0.15) is 31.0 Å². The van der Waals surface area contributed by atoms with Crippen LogP contribution in [0.4, 0.5) is 0 Å². The molecule has 0 heterocycles. The number of aliphatic hydroxyl groups excluding tert-OH is 1. The minimum absolute atomic E-state index is 0.247. The van der Waals surface area contributed by atoms with Gasteiger partial charge in [-0.3, -0.25) is 0 Å². The van der Waals surface area contributed by atoms with Crippen LogP contribution >= 0.6 is 11.8 Å². The molecule has 0 spiro atoms. The highest BCUT2D eigenvalue weighted by Gasteiger charge is 2.11. The molecule has 2 atom stereocenters. The third kappa shape index (κ3) is 5.11. The van der Waals surface area contributed by atoms with Gasteiger partial charge in [0, 0.05) is 17.0 Å². The number of hydrogen-bond donors (Lipinski definition) is 2. The molecule has 1 aromatic rings. The number of benzene rings is 1. The molecule has 0 saturated carbocycles. The van der Waals surface area contributed by atoms with Crippen LogP contribution in [0.3, 0.4) is 0 Å². The molecule has 0 bridgehead atoms. The van der Waals surface area contributed by atoms with Crippen LogP contribution in [0.15, 0.2) is 24.3 Å². The lowest BCUT2D eigenvalue weighted by molar-refractivity contribution is 0.300. The monoisotopic (exact) mass is 253 g/mol. The van der Waals surface area contributed by atoms with Gasteiger partial charge in [0.1, 0.15) is 0 Å². The molecule has 2 N–H and O–H groups in total. The number of thioether (sulfide) groups is 1. The summed E-state index contributed by atoms with van der Waals surface area (Å²) < 4.78 is 0. The van der Waals surface area contributed by atoms with Gasteiger partial charge in [-0.25, -0.2) is 0 Å². The summed E-state index contributed by atoms with van der Waals surface area (Å²) in [6.07, 6.45) is 0. The van der Waals surface area contributed by atoms with Crippen LogP contribution in [0.25, 0.3) is 0 Å². The third-order valence-electron chi connectivity index (χ3n) is 2.73. The summed E-state index contributed by atoms with van der Waals surface area (Å²) in [5.41, 5.74) is 2.62. The molecule has 0 aliphatic heterocycles. The molecule has 96 valence electrons. The number of nitrogens with one attached hydrogen (secondary N) is 1. The van der Waals surface area contributed by atoms with Gasteiger partial charge in [0.2, 0.25) is 0 Å². The smallest absolute Gasteiger partial charge is 0.0547 e. The number of aliphatic hydroxyl groups is 1. The Morgan fingerprint density at radius 3 is 2.47 bits per heavy atom. The molecule has 0 aliphatic carbocycles. The van der Waals surface area contributed by atoms with E-state index in [0.717, 1.165) is 12.3 Å². The van der Waals surface area contributed by atoms with Crippen LogP contribution < -0.4 is 5.32 Å². The predicted octanol–water partition coefficient (Wildman–Crippen LogP) is 2.76. The van der Waals surface area contributed by atoms with E-state index in [1.165, 1.54) is 11.1 Å². The van der Waals surface area contributed by atoms with E-state index in [-0.39, 0.29) is 6.61 Å². The molecular weight excluding hydrogens is 230 g/mol. The number of hydrogen-bond acceptors (Lipinski definition) is 3. The van der Waals surface area contributed by atoms with Crippen LogP contribution in [-0.2, 0) is 0 Å². The Bertz CT molecular complexity index is 313. The van der Waals surface area contributed by atoms with Crippen molar-refractivity contribution < 1.29 is 5.11 Å². The van der Waals surface area contributed by atoms with E-state index in [2.05, 4.69) is 50.4 Å². The second kappa shape index (κ2) is 7.75. The van der Waals surface area contributed by atoms with E-state index < -0.39 is 0 Å². The first-order valence-corrected chi connectivity index (χ1v) is 7.24. The van der Waals surface area contributed by atoms with Crippen molar-refractivity contribution in [2.75, 3.05) is 18.9 Å². The lowest BCUT2D eigenvalue weighted by atomic mass is 10.1. The van der Waals surface area contributed by atoms with Gasteiger partial charge in [0.25, 0.3) is 0 Å². The van der Waals surface area contributed by atoms with Gasteiger partial charge >= 0.3 is 0 Å². The first-order chi connectivity index (χ1) is 8.17. The maximum absolute atomic E-state index is 9.04. The lowest BCUT2D eigenvalue weighted by Crippen LogP contribution is -2.24. The molecule has 1 aromatic carbocycles. The molecule has 0 aliphatic rings. The van der Waals surface area contributed by atoms with Crippen molar-refractivity contribution in [1.29, 1.82) is 0 Å². The van der Waals surface area contributed by atoms with Crippen molar-refractivity contribution in [3.63, 3.8) is 0 Å². The van der Waals surface area contributed by atoms with E-state index in [4.69, 9.17) is 5.11 Å². The van der Waals surface area contributed by atoms with Gasteiger partial charge in [-0.2, -0.15) is 11.8 Å². The van der Waals surface area contributed by atoms with E-state index in [9.17, 15) is 0 Å². The van der Waals surface area contributed by atoms with Crippen molar-refractivity contribution in [3.8, 4) is 0 Å².